The lowest BCUT2D eigenvalue weighted by Crippen LogP contribution is -2.15. The van der Waals surface area contributed by atoms with Gasteiger partial charge < -0.3 is 40.8 Å². The van der Waals surface area contributed by atoms with E-state index in [1.54, 1.807) is 78.9 Å². The Kier molecular flexibility index (Phi) is 12.9. The highest BCUT2D eigenvalue weighted by Crippen LogP contribution is 2.44. The zero-order valence-corrected chi connectivity index (χ0v) is 29.9. The number of nitrogens with zero attached hydrogens (tertiary/aromatic N) is 5. The third-order valence-electron chi connectivity index (χ3n) is 7.52. The van der Waals surface area contributed by atoms with Gasteiger partial charge in [0.1, 0.15) is 11.4 Å². The molecule has 6 aromatic rings. The number of carbonyl (C=O) groups excluding carboxylic acids is 1. The van der Waals surface area contributed by atoms with Crippen LogP contribution in [0.15, 0.2) is 100 Å². The van der Waals surface area contributed by atoms with E-state index in [0.717, 1.165) is 10.8 Å². The van der Waals surface area contributed by atoms with Gasteiger partial charge in [0.25, 0.3) is 5.91 Å². The fraction of sp³-hybridized carbons (Fsp3) is 0.118. The summed E-state index contributed by atoms with van der Waals surface area (Å²) in [6, 6.07) is 22.9. The SMILES string of the molecule is O=C(Nc1ccc2c(O)c(N=Nc3ccc4cc(OS(=O)O)ccc4c3)c(SOOO)cc2c1)c1ccc(Nc2nc(NCCO)nc(NCCO)n2)cc1. The first kappa shape index (κ1) is 38.7. The number of hydrogen-bond acceptors (Lipinski definition) is 18. The smallest absolute Gasteiger partial charge is 0.357 e. The zero-order valence-electron chi connectivity index (χ0n) is 28.2. The summed E-state index contributed by atoms with van der Waals surface area (Å²) in [5.74, 6) is 0.152. The second-order valence-electron chi connectivity index (χ2n) is 11.2. The van der Waals surface area contributed by atoms with Crippen LogP contribution in [0.3, 0.4) is 0 Å². The number of anilines is 5. The predicted molar refractivity (Wildman–Crippen MR) is 204 cm³/mol. The highest BCUT2D eigenvalue weighted by molar-refractivity contribution is 7.94. The van der Waals surface area contributed by atoms with Crippen molar-refractivity contribution in [2.75, 3.05) is 47.6 Å². The monoisotopic (exact) mass is 789 g/mol. The van der Waals surface area contributed by atoms with Crippen LogP contribution in [0.2, 0.25) is 0 Å². The third kappa shape index (κ3) is 10.1. The Labute approximate surface area is 318 Å². The van der Waals surface area contributed by atoms with Crippen LogP contribution in [-0.4, -0.2) is 76.5 Å². The van der Waals surface area contributed by atoms with Gasteiger partial charge in [-0.3, -0.25) is 9.35 Å². The normalized spacial score (nSPS) is 11.9. The minimum atomic E-state index is -2.46. The highest BCUT2D eigenvalue weighted by atomic mass is 32.2. The Hall–Kier alpha value is -6.04. The lowest BCUT2D eigenvalue weighted by atomic mass is 10.1. The van der Waals surface area contributed by atoms with E-state index in [4.69, 9.17) is 24.2 Å². The number of amides is 1. The molecule has 1 aromatic heterocycles. The van der Waals surface area contributed by atoms with Crippen molar-refractivity contribution in [2.24, 2.45) is 10.2 Å². The van der Waals surface area contributed by atoms with Gasteiger partial charge in [-0.1, -0.05) is 17.2 Å². The van der Waals surface area contributed by atoms with Gasteiger partial charge in [-0.25, -0.2) is 5.26 Å². The minimum absolute atomic E-state index is 0.0155. The number of carbonyl (C=O) groups is 1. The van der Waals surface area contributed by atoms with Crippen molar-refractivity contribution < 1.29 is 47.7 Å². The molecule has 21 heteroatoms. The Balaban J connectivity index is 1.18. The molecule has 0 saturated heterocycles. The van der Waals surface area contributed by atoms with Crippen molar-refractivity contribution in [2.45, 2.75) is 4.90 Å². The molecule has 1 unspecified atom stereocenters. The number of aromatic hydroxyl groups is 1. The second kappa shape index (κ2) is 18.3. The molecule has 0 fully saturated rings. The van der Waals surface area contributed by atoms with Crippen LogP contribution in [0.4, 0.5) is 40.6 Å². The first-order valence-electron chi connectivity index (χ1n) is 16.1. The van der Waals surface area contributed by atoms with Crippen molar-refractivity contribution in [3.63, 3.8) is 0 Å². The molecule has 0 bridgehead atoms. The molecule has 0 radical (unpaired) electrons. The van der Waals surface area contributed by atoms with Crippen LogP contribution in [0.25, 0.3) is 21.5 Å². The van der Waals surface area contributed by atoms with E-state index >= 15 is 0 Å². The second-order valence-corrected chi connectivity index (χ2v) is 12.5. The van der Waals surface area contributed by atoms with Gasteiger partial charge in [0.15, 0.2) is 5.75 Å². The van der Waals surface area contributed by atoms with Crippen LogP contribution in [0.5, 0.6) is 11.5 Å². The van der Waals surface area contributed by atoms with Crippen LogP contribution < -0.4 is 25.5 Å². The van der Waals surface area contributed by atoms with Crippen molar-refractivity contribution >= 4 is 91.5 Å². The summed E-state index contributed by atoms with van der Waals surface area (Å²) in [6.07, 6.45) is 0. The Morgan fingerprint density at radius 1 is 0.782 bits per heavy atom. The molecule has 284 valence electrons. The molecular weight excluding hydrogens is 759 g/mol. The van der Waals surface area contributed by atoms with Crippen LogP contribution in [-0.2, 0) is 20.7 Å². The van der Waals surface area contributed by atoms with E-state index in [1.165, 1.54) is 6.07 Å². The fourth-order valence-electron chi connectivity index (χ4n) is 5.12. The van der Waals surface area contributed by atoms with Gasteiger partial charge in [-0.05, 0) is 89.0 Å². The minimum Gasteiger partial charge on any atom is -0.505 e. The number of azo groups is 1. The molecular formula is C34H31N9O10S2. The summed E-state index contributed by atoms with van der Waals surface area (Å²) in [6.45, 7) is 0.183. The molecule has 1 atom stereocenters. The quantitative estimate of drug-likeness (QED) is 0.0167. The van der Waals surface area contributed by atoms with E-state index in [-0.39, 0.29) is 66.2 Å². The Bertz CT molecular complexity index is 2350. The average Bonchev–Trinajstić information content (AvgIpc) is 3.18. The van der Waals surface area contributed by atoms with E-state index < -0.39 is 17.3 Å². The number of phenols is 1. The molecule has 0 aliphatic heterocycles. The van der Waals surface area contributed by atoms with Crippen molar-refractivity contribution in [1.29, 1.82) is 0 Å². The van der Waals surface area contributed by atoms with Crippen LogP contribution in [0, 0.1) is 0 Å². The zero-order chi connectivity index (χ0) is 38.7. The first-order chi connectivity index (χ1) is 26.7. The predicted octanol–water partition coefficient (Wildman–Crippen LogP) is 6.05. The standard InChI is InChI=1S/C34H31N9O10S2/c44-13-11-35-32-39-33(36-12-14-45)41-34(40-32)38-23-5-1-19(2-6-23)31(47)37-24-8-10-27-22(16-24)18-28(54-53-52-48)29(30(27)46)43-42-25-7-3-21-17-26(51-55(49)50)9-4-20(21)15-25/h1-10,15-18,44-46,48H,11-14H2,(H,37,47)(H,49,50)(H3,35,36,38,39,40,41). The Morgan fingerprint density at radius 3 is 2.15 bits per heavy atom. The summed E-state index contributed by atoms with van der Waals surface area (Å²) >= 11 is -1.89. The number of aliphatic hydroxyl groups excluding tert-OH is 2. The largest absolute Gasteiger partial charge is 0.505 e. The molecule has 55 heavy (non-hydrogen) atoms. The lowest BCUT2D eigenvalue weighted by molar-refractivity contribution is -0.432. The van der Waals surface area contributed by atoms with E-state index in [2.05, 4.69) is 55.8 Å². The maximum absolute atomic E-state index is 13.2. The molecule has 19 nitrogen and oxygen atoms in total. The van der Waals surface area contributed by atoms with Gasteiger partial charge in [-0.15, -0.1) is 9.45 Å². The number of hydrogen-bond donors (Lipinski definition) is 9. The summed E-state index contributed by atoms with van der Waals surface area (Å²) in [5.41, 5.74) is 1.76. The maximum atomic E-state index is 13.2. The molecule has 6 rings (SSSR count). The van der Waals surface area contributed by atoms with Gasteiger partial charge >= 0.3 is 11.4 Å². The first-order valence-corrected chi connectivity index (χ1v) is 17.8. The molecule has 0 spiro atoms. The molecule has 1 amide bonds. The van der Waals surface area contributed by atoms with Crippen LogP contribution >= 0.6 is 12.0 Å². The molecule has 0 aliphatic rings. The maximum Gasteiger partial charge on any atom is 0.357 e. The van der Waals surface area contributed by atoms with E-state index in [9.17, 15) is 14.1 Å². The summed E-state index contributed by atoms with van der Waals surface area (Å²) in [7, 11) is 0. The fourth-order valence-corrected chi connectivity index (χ4v) is 5.88. The summed E-state index contributed by atoms with van der Waals surface area (Å²) < 4.78 is 29.4. The number of benzene rings is 5. The molecule has 0 aliphatic carbocycles. The Morgan fingerprint density at radius 2 is 1.45 bits per heavy atom. The molecule has 0 saturated carbocycles. The summed E-state index contributed by atoms with van der Waals surface area (Å²) in [4.78, 5) is 26.2. The van der Waals surface area contributed by atoms with Gasteiger partial charge in [0.05, 0.1) is 35.8 Å². The number of nitrogens with one attached hydrogen (secondary N) is 4. The topological polar surface area (TPSA) is 274 Å². The number of phenolic OH excluding ortho intramolecular Hbond substituents is 1. The lowest BCUT2D eigenvalue weighted by Gasteiger charge is -2.12. The van der Waals surface area contributed by atoms with Gasteiger partial charge in [0, 0.05) is 35.4 Å². The number of aromatic nitrogens is 3. The summed E-state index contributed by atoms with van der Waals surface area (Å²) in [5, 5.41) is 64.6. The van der Waals surface area contributed by atoms with Gasteiger partial charge in [-0.2, -0.15) is 24.3 Å². The number of aliphatic hydroxyl groups is 2. The number of rotatable bonds is 17. The molecule has 1 heterocycles. The molecule has 9 N–H and O–H groups in total. The van der Waals surface area contributed by atoms with Crippen molar-refractivity contribution in [3.8, 4) is 11.5 Å². The van der Waals surface area contributed by atoms with Gasteiger partial charge in [0.2, 0.25) is 17.8 Å². The third-order valence-corrected chi connectivity index (χ3v) is 8.47. The highest BCUT2D eigenvalue weighted by Gasteiger charge is 2.17. The van der Waals surface area contributed by atoms with Crippen molar-refractivity contribution in [3.05, 3.63) is 90.5 Å². The van der Waals surface area contributed by atoms with E-state index in [0.29, 0.717) is 45.4 Å². The van der Waals surface area contributed by atoms with Crippen molar-refractivity contribution in [1.82, 2.24) is 15.0 Å². The number of fused-ring (bicyclic) bond motifs is 2. The molecule has 5 aromatic carbocycles. The van der Waals surface area contributed by atoms with Crippen LogP contribution in [0.1, 0.15) is 10.4 Å². The van der Waals surface area contributed by atoms with E-state index in [1.807, 2.05) is 0 Å². The average molecular weight is 790 g/mol.